The molecule has 0 fully saturated rings. The van der Waals surface area contributed by atoms with Crippen LogP contribution >= 0.6 is 0 Å². The summed E-state index contributed by atoms with van der Waals surface area (Å²) in [6.07, 6.45) is 0. The maximum atomic E-state index is 11.7. The molecule has 0 radical (unpaired) electrons. The molecule has 1 rings (SSSR count). The van der Waals surface area contributed by atoms with Crippen LogP contribution in [-0.2, 0) is 19.6 Å². The molecule has 0 aliphatic heterocycles. The van der Waals surface area contributed by atoms with Gasteiger partial charge in [0, 0.05) is 0 Å². The van der Waals surface area contributed by atoms with E-state index in [0.29, 0.717) is 6.07 Å². The van der Waals surface area contributed by atoms with Crippen molar-refractivity contribution in [1.29, 1.82) is 0 Å². The van der Waals surface area contributed by atoms with Crippen LogP contribution in [0.3, 0.4) is 0 Å². The predicted molar refractivity (Wildman–Crippen MR) is 68.8 cm³/mol. The second-order valence-electron chi connectivity index (χ2n) is 3.98. The predicted octanol–water partition coefficient (Wildman–Crippen LogP) is -4.53. The topological polar surface area (TPSA) is 150 Å². The van der Waals surface area contributed by atoms with E-state index in [1.165, 1.54) is 0 Å². The smallest absolute Gasteiger partial charge is 0.545 e. The summed E-state index contributed by atoms with van der Waals surface area (Å²) in [5, 5.41) is 19.3. The van der Waals surface area contributed by atoms with Crippen LogP contribution in [0.2, 0.25) is 0 Å². The van der Waals surface area contributed by atoms with E-state index in [4.69, 9.17) is 19.1 Å². The third-order valence-corrected chi connectivity index (χ3v) is 3.20. The first-order valence-electron chi connectivity index (χ1n) is 5.95. The number of rotatable bonds is 8. The number of carbonyl (C=O) groups is 2. The van der Waals surface area contributed by atoms with E-state index in [1.54, 1.807) is 0 Å². The molecule has 1 aromatic rings. The average molecular weight is 356 g/mol. The molecule has 1 aromatic carbocycles. The Morgan fingerprint density at radius 3 is 2.22 bits per heavy atom. The summed E-state index contributed by atoms with van der Waals surface area (Å²) in [4.78, 5) is 21.8. The minimum absolute atomic E-state index is 0. The molecule has 0 saturated carbocycles. The summed E-state index contributed by atoms with van der Waals surface area (Å²) >= 11 is 0. The van der Waals surface area contributed by atoms with Crippen LogP contribution in [-0.4, -0.2) is 56.4 Å². The Morgan fingerprint density at radius 2 is 1.70 bits per heavy atom. The van der Waals surface area contributed by atoms with E-state index in [-0.39, 0.29) is 61.5 Å². The quantitative estimate of drug-likeness (QED) is 0.203. The van der Waals surface area contributed by atoms with Gasteiger partial charge in [-0.05, 0) is 23.8 Å². The number of benzene rings is 1. The van der Waals surface area contributed by atoms with Crippen molar-refractivity contribution in [1.82, 2.24) is 0 Å². The van der Waals surface area contributed by atoms with Crippen LogP contribution in [0.5, 0.6) is 0 Å². The van der Waals surface area contributed by atoms with Crippen molar-refractivity contribution in [3.05, 3.63) is 29.3 Å². The minimum Gasteiger partial charge on any atom is -0.545 e. The van der Waals surface area contributed by atoms with E-state index in [1.807, 2.05) is 0 Å². The molecule has 9 nitrogen and oxygen atoms in total. The van der Waals surface area contributed by atoms with Gasteiger partial charge in [-0.3, -0.25) is 4.55 Å². The van der Waals surface area contributed by atoms with Crippen molar-refractivity contribution in [2.24, 2.45) is 0 Å². The Kier molecular flexibility index (Phi) is 9.54. The van der Waals surface area contributed by atoms with Gasteiger partial charge in [0.15, 0.2) is 0 Å². The number of hydrogen-bond acceptors (Lipinski definition) is 8. The van der Waals surface area contributed by atoms with E-state index in [0.717, 1.165) is 12.1 Å². The van der Waals surface area contributed by atoms with Gasteiger partial charge in [0.05, 0.1) is 36.2 Å². The summed E-state index contributed by atoms with van der Waals surface area (Å²) in [5.41, 5.74) is -0.977. The molecule has 0 aromatic heterocycles. The minimum atomic E-state index is -4.70. The number of aliphatic hydroxyl groups excluding tert-OH is 1. The second kappa shape index (κ2) is 9.98. The van der Waals surface area contributed by atoms with Crippen molar-refractivity contribution in [2.75, 3.05) is 26.4 Å². The average Bonchev–Trinajstić information content (AvgIpc) is 2.45. The number of aromatic carboxylic acids is 1. The first-order chi connectivity index (χ1) is 10.3. The molecule has 2 N–H and O–H groups in total. The Labute approximate surface area is 154 Å². The van der Waals surface area contributed by atoms with Gasteiger partial charge in [-0.25, -0.2) is 4.79 Å². The molecular formula is C12H13NaO9S. The Balaban J connectivity index is 0.00000484. The van der Waals surface area contributed by atoms with Crippen LogP contribution in [0.15, 0.2) is 23.1 Å². The SMILES string of the molecule is O=C([O-])c1cc(C(=O)OCCOCCO)cc(S(=O)(=O)O)c1.[Na+]. The van der Waals surface area contributed by atoms with Crippen molar-refractivity contribution in [3.63, 3.8) is 0 Å². The fourth-order valence-corrected chi connectivity index (χ4v) is 1.98. The van der Waals surface area contributed by atoms with Crippen molar-refractivity contribution >= 4 is 22.1 Å². The van der Waals surface area contributed by atoms with E-state index in [2.05, 4.69) is 0 Å². The van der Waals surface area contributed by atoms with Crippen LogP contribution in [0.1, 0.15) is 20.7 Å². The molecule has 122 valence electrons. The van der Waals surface area contributed by atoms with Crippen LogP contribution in [0.25, 0.3) is 0 Å². The fraction of sp³-hybridized carbons (Fsp3) is 0.333. The van der Waals surface area contributed by atoms with Crippen LogP contribution < -0.4 is 34.7 Å². The number of carbonyl (C=O) groups excluding carboxylic acids is 2. The molecular weight excluding hydrogens is 343 g/mol. The zero-order valence-corrected chi connectivity index (χ0v) is 15.0. The van der Waals surface area contributed by atoms with Gasteiger partial charge in [0.25, 0.3) is 10.1 Å². The molecule has 0 amide bonds. The zero-order valence-electron chi connectivity index (χ0n) is 12.2. The molecule has 0 aliphatic carbocycles. The normalized spacial score (nSPS) is 10.7. The number of carboxylic acids is 1. The van der Waals surface area contributed by atoms with Crippen molar-refractivity contribution in [2.45, 2.75) is 4.90 Å². The fourth-order valence-electron chi connectivity index (χ4n) is 1.43. The number of carboxylic acid groups (broad SMARTS) is 1. The maximum absolute atomic E-state index is 11.7. The third kappa shape index (κ3) is 7.40. The summed E-state index contributed by atoms with van der Waals surface area (Å²) < 4.78 is 40.6. The van der Waals surface area contributed by atoms with Gasteiger partial charge >= 0.3 is 35.5 Å². The molecule has 0 heterocycles. The van der Waals surface area contributed by atoms with Gasteiger partial charge in [-0.1, -0.05) is 0 Å². The van der Waals surface area contributed by atoms with E-state index in [9.17, 15) is 23.1 Å². The number of esters is 1. The number of ether oxygens (including phenoxy) is 2. The summed E-state index contributed by atoms with van der Waals surface area (Å²) in [6.45, 7) is -0.322. The molecule has 0 spiro atoms. The van der Waals surface area contributed by atoms with Crippen LogP contribution in [0.4, 0.5) is 0 Å². The number of aliphatic hydroxyl groups is 1. The monoisotopic (exact) mass is 356 g/mol. The third-order valence-electron chi connectivity index (χ3n) is 2.37. The molecule has 0 saturated heterocycles. The first-order valence-corrected chi connectivity index (χ1v) is 7.39. The van der Waals surface area contributed by atoms with Crippen LogP contribution in [0, 0.1) is 0 Å². The van der Waals surface area contributed by atoms with Crippen molar-refractivity contribution in [3.8, 4) is 0 Å². The summed E-state index contributed by atoms with van der Waals surface area (Å²) in [5.74, 6) is -2.72. The summed E-state index contributed by atoms with van der Waals surface area (Å²) in [7, 11) is -4.70. The Bertz CT molecular complexity index is 656. The van der Waals surface area contributed by atoms with Gasteiger partial charge < -0.3 is 24.5 Å². The zero-order chi connectivity index (χ0) is 16.8. The van der Waals surface area contributed by atoms with Gasteiger partial charge in [-0.2, -0.15) is 8.42 Å². The molecule has 11 heteroatoms. The Hall–Kier alpha value is -1.01. The Morgan fingerprint density at radius 1 is 1.09 bits per heavy atom. The first kappa shape index (κ1) is 22.0. The van der Waals surface area contributed by atoms with E-state index < -0.39 is 32.5 Å². The maximum Gasteiger partial charge on any atom is 1.00 e. The number of hydrogen-bond donors (Lipinski definition) is 2. The second-order valence-corrected chi connectivity index (χ2v) is 5.40. The molecule has 0 bridgehead atoms. The van der Waals surface area contributed by atoms with E-state index >= 15 is 0 Å². The molecule has 0 atom stereocenters. The van der Waals surface area contributed by atoms with Gasteiger partial charge in [-0.15, -0.1) is 0 Å². The largest absolute Gasteiger partial charge is 1.00 e. The standard InChI is InChI=1S/C12H14O9S.Na/c13-1-2-20-3-4-21-12(16)9-5-8(11(14)15)6-10(7-9)22(17,18)19;/h5-7,13H,1-4H2,(H,14,15)(H,17,18,19);/q;+1/p-1. The van der Waals surface area contributed by atoms with Gasteiger partial charge in [0.2, 0.25) is 0 Å². The molecule has 23 heavy (non-hydrogen) atoms. The molecule has 0 unspecified atom stereocenters. The molecule has 0 aliphatic rings. The summed E-state index contributed by atoms with van der Waals surface area (Å²) in [6, 6.07) is 2.30. The van der Waals surface area contributed by atoms with Crippen molar-refractivity contribution < 1.29 is 71.8 Å². The van der Waals surface area contributed by atoms with Gasteiger partial charge in [0.1, 0.15) is 6.61 Å².